The molecule has 14 rings (SSSR count). The van der Waals surface area contributed by atoms with E-state index >= 15 is 14.4 Å². The van der Waals surface area contributed by atoms with Gasteiger partial charge in [0.1, 0.15) is 95.2 Å². The van der Waals surface area contributed by atoms with E-state index in [2.05, 4.69) is 52.8 Å². The number of hydrogen-bond donors (Lipinski definition) is 20. The Morgan fingerprint density at radius 2 is 1.36 bits per heavy atom. The molecule has 1 aromatic heterocycles. The number of anilines is 1. The number of rotatable bonds is 22. The predicted octanol–water partition coefficient (Wildman–Crippen LogP) is 3.76. The van der Waals surface area contributed by atoms with E-state index in [9.17, 15) is 79.8 Å². The minimum Gasteiger partial charge on any atom is -0.508 e. The van der Waals surface area contributed by atoms with E-state index in [0.717, 1.165) is 79.6 Å². The van der Waals surface area contributed by atoms with Gasteiger partial charge in [0.05, 0.1) is 53.5 Å². The largest absolute Gasteiger partial charge is 0.508 e. The number of nitrogens with zero attached hydrogens (tertiary/aromatic N) is 1. The minimum atomic E-state index is -2.39. The first-order valence-corrected chi connectivity index (χ1v) is 39.7. The number of phenolic OH excluding ortho intramolecular Hbond substituents is 3. The van der Waals surface area contributed by atoms with Crippen LogP contribution in [-0.2, 0) is 59.1 Å². The Balaban J connectivity index is 1.00. The molecule has 0 radical (unpaired) electrons. The third kappa shape index (κ3) is 20.1. The molecule has 37 nitrogen and oxygen atoms in total. The van der Waals surface area contributed by atoms with Gasteiger partial charge in [-0.05, 0) is 152 Å². The molecule has 122 heavy (non-hydrogen) atoms. The van der Waals surface area contributed by atoms with Crippen molar-refractivity contribution < 1.29 is 127 Å². The van der Waals surface area contributed by atoms with Crippen molar-refractivity contribution in [1.82, 2.24) is 47.5 Å². The summed E-state index contributed by atoms with van der Waals surface area (Å²) in [5, 5.41) is 140. The van der Waals surface area contributed by atoms with E-state index in [0.29, 0.717) is 23.6 Å². The van der Waals surface area contributed by atoms with E-state index in [1.54, 1.807) is 37.3 Å². The van der Waals surface area contributed by atoms with Gasteiger partial charge in [-0.1, -0.05) is 68.6 Å². The number of ether oxygens (including phenoxy) is 7. The maximum Gasteiger partial charge on any atom is 0.330 e. The highest BCUT2D eigenvalue weighted by atomic mass is 35.5. The number of aromatic hydroxyl groups is 3. The molecule has 0 spiro atoms. The number of aliphatic carboxylic acids is 1. The van der Waals surface area contributed by atoms with Crippen LogP contribution in [0.1, 0.15) is 141 Å². The Bertz CT molecular complexity index is 5130. The highest BCUT2D eigenvalue weighted by molar-refractivity contribution is 6.32. The molecule has 7 aliphatic heterocycles. The molecule has 2 saturated heterocycles. The Morgan fingerprint density at radius 3 is 1.99 bits per heavy atom. The van der Waals surface area contributed by atoms with Crippen molar-refractivity contribution >= 4 is 82.1 Å². The van der Waals surface area contributed by atoms with Gasteiger partial charge in [0.25, 0.3) is 5.91 Å². The topological polar surface area (TPSA) is 568 Å². The van der Waals surface area contributed by atoms with E-state index < -0.39 is 243 Å². The van der Waals surface area contributed by atoms with Crippen molar-refractivity contribution in [1.29, 1.82) is 0 Å². The Kier molecular flexibility index (Phi) is 28.1. The Morgan fingerprint density at radius 1 is 0.713 bits per heavy atom. The summed E-state index contributed by atoms with van der Waals surface area (Å²) in [4.78, 5) is 136. The first-order valence-electron chi connectivity index (χ1n) is 38.9. The van der Waals surface area contributed by atoms with Gasteiger partial charge in [-0.25, -0.2) is 4.79 Å². The summed E-state index contributed by atoms with van der Waals surface area (Å²) in [5.74, 6) is -16.1. The highest BCUT2D eigenvalue weighted by Gasteiger charge is 2.52. The van der Waals surface area contributed by atoms with Crippen LogP contribution < -0.4 is 72.5 Å². The zero-order valence-electron chi connectivity index (χ0n) is 66.4. The molecule has 650 valence electrons. The highest BCUT2D eigenvalue weighted by Crippen LogP contribution is 2.50. The van der Waals surface area contributed by atoms with Gasteiger partial charge in [-0.15, -0.1) is 0 Å². The molecule has 7 aliphatic rings. The summed E-state index contributed by atoms with van der Waals surface area (Å²) < 4.78 is 45.2. The molecule has 21 N–H and O–H groups in total. The fourth-order valence-corrected chi connectivity index (χ4v) is 15.3. The molecular weight excluding hydrogens is 1640 g/mol. The number of carbonyl (C=O) groups is 9. The number of amides is 8. The number of likely N-dealkylation sites (N-methyl/N-ethyl adjacent to an activating group) is 1. The van der Waals surface area contributed by atoms with Crippen LogP contribution in [0.15, 0.2) is 122 Å². The number of carbonyl (C=O) groups excluding carboxylic acids is 8. The Labute approximate surface area is 706 Å². The van der Waals surface area contributed by atoms with E-state index in [-0.39, 0.29) is 58.3 Å². The fraction of sp³-hybridized carbons (Fsp3) is 0.398. The van der Waals surface area contributed by atoms with Crippen LogP contribution in [0, 0.1) is 5.92 Å². The molecule has 6 aromatic carbocycles. The second-order valence-electron chi connectivity index (χ2n) is 30.7. The summed E-state index contributed by atoms with van der Waals surface area (Å²) in [5.41, 5.74) is 2.63. The maximum atomic E-state index is 16.2. The number of benzene rings is 6. The van der Waals surface area contributed by atoms with Crippen molar-refractivity contribution in [3.63, 3.8) is 0 Å². The van der Waals surface area contributed by atoms with Crippen LogP contribution in [0.25, 0.3) is 11.1 Å². The van der Waals surface area contributed by atoms with Crippen molar-refractivity contribution in [3.05, 3.63) is 171 Å². The average Bonchev–Trinajstić information content (AvgIpc) is 0.766. The summed E-state index contributed by atoms with van der Waals surface area (Å²) in [7, 11) is 1.47. The first kappa shape index (κ1) is 89.7. The molecule has 7 aromatic rings. The average molecular weight is 1730 g/mol. The van der Waals surface area contributed by atoms with Gasteiger partial charge in [-0.3, -0.25) is 43.3 Å². The predicted molar refractivity (Wildman–Crippen MR) is 431 cm³/mol. The van der Waals surface area contributed by atoms with Gasteiger partial charge < -0.3 is 138 Å². The van der Waals surface area contributed by atoms with Crippen LogP contribution in [0.5, 0.6) is 51.7 Å². The van der Waals surface area contributed by atoms with Crippen LogP contribution >= 0.6 is 23.2 Å². The lowest BCUT2D eigenvalue weighted by Crippen LogP contribution is -2.65. The lowest BCUT2D eigenvalue weighted by molar-refractivity contribution is -0.334. The standard InChI is InChI=1S/C83H93Cl2N11O26/c1-7-8-19-116-45-14-12-43(13-15-45)90-74(107)42-21-37(31-88-33-42)32-89-83(5)30-60(117-36(4)73(83)106)121-72-70(105)69(104)58(34-97)120-82(72)122-71-56-25-41-26-57(71)119-55-18-11-40(24-49(55)85)68(103)66-80(113)94-64(81(114)115)47-27-44(98)28-53(100)61(47)46-22-38(9-16-52(46)99)62(77(110)96-66)93-78(111)63(41)92-76(109)51(29-59(86)101)91-79(112)65(95-75(108)50(87-6)20-35(2)3)67(102)39-10-17-54(118-56)48(84)23-39/h9-18,21-28,31,33,35-36,50-51,58,60,62-70,72-73,82,87,89,97-100,102-106H,7-8,19-20,29-30,32,34H2,1-6H3,(H2,86,101)(H,90,107)(H,91,112)(H,92,109)(H,93,111)(H,94,113)(H,95,108)(H,96,110)(H,114,115)/t36-,50+,51+,58+,60+,62+,63?,64-,65-,66-,67-,68-,69-,70-,72-,73+,82?,83-/m1/s1. The van der Waals surface area contributed by atoms with Gasteiger partial charge in [0, 0.05) is 59.3 Å². The molecule has 2 unspecified atom stereocenters. The molecule has 0 saturated carbocycles. The van der Waals surface area contributed by atoms with E-state index in [4.69, 9.17) is 62.1 Å². The number of carboxylic acid groups (broad SMARTS) is 1. The van der Waals surface area contributed by atoms with Crippen LogP contribution in [0.2, 0.25) is 10.0 Å². The van der Waals surface area contributed by atoms with E-state index in [1.165, 1.54) is 38.5 Å². The van der Waals surface area contributed by atoms with Gasteiger partial charge in [0.2, 0.25) is 53.4 Å². The van der Waals surface area contributed by atoms with Crippen LogP contribution in [0.3, 0.4) is 0 Å². The fourth-order valence-electron chi connectivity index (χ4n) is 14.8. The number of aromatic nitrogens is 1. The summed E-state index contributed by atoms with van der Waals surface area (Å²) >= 11 is 14.3. The number of unbranched alkanes of at least 4 members (excludes halogenated alkanes) is 1. The third-order valence-electron chi connectivity index (χ3n) is 21.4. The molecule has 0 aliphatic carbocycles. The van der Waals surface area contributed by atoms with Crippen molar-refractivity contribution in [2.24, 2.45) is 11.7 Å². The second kappa shape index (κ2) is 38.2. The van der Waals surface area contributed by atoms with E-state index in [1.807, 2.05) is 20.8 Å². The maximum absolute atomic E-state index is 16.2. The number of pyridine rings is 1. The first-order chi connectivity index (χ1) is 58.0. The molecule has 18 atom stereocenters. The monoisotopic (exact) mass is 1730 g/mol. The lowest BCUT2D eigenvalue weighted by atomic mass is 9.84. The number of hydrogen-bond acceptors (Lipinski definition) is 28. The number of nitrogens with two attached hydrogens (primary N) is 1. The molecular formula is C83H93Cl2N11O26. The summed E-state index contributed by atoms with van der Waals surface area (Å²) in [6.07, 6.45) is -14.6. The van der Waals surface area contributed by atoms with Crippen LogP contribution in [0.4, 0.5) is 5.69 Å². The summed E-state index contributed by atoms with van der Waals surface area (Å²) in [6.45, 7) is 8.34. The van der Waals surface area contributed by atoms with Gasteiger partial charge >= 0.3 is 5.97 Å². The number of aliphatic hydroxyl groups is 6. The number of phenols is 3. The number of halogens is 2. The molecule has 8 heterocycles. The normalized spacial score (nSPS) is 26.3. The quantitative estimate of drug-likeness (QED) is 0.0429. The van der Waals surface area contributed by atoms with Crippen molar-refractivity contribution in [3.8, 4) is 62.9 Å². The number of fused-ring (bicyclic) bond motifs is 15. The van der Waals surface area contributed by atoms with Crippen molar-refractivity contribution in [2.45, 2.75) is 183 Å². The molecule has 11 bridgehead atoms. The smallest absolute Gasteiger partial charge is 0.330 e. The third-order valence-corrected chi connectivity index (χ3v) is 22.0. The zero-order valence-corrected chi connectivity index (χ0v) is 67.9. The lowest BCUT2D eigenvalue weighted by Gasteiger charge is -2.48. The SMILES string of the molecule is CCCCOc1ccc(NC(=O)c2cncc(CN[C@]3(C)C[C@H](O[C@H]4C(Oc5c6cc7cc5Oc5ccc(cc5Cl)[C@@H](O)[C@H]5NC(=O)[C@@H](NC(=O)C7NC(=O)[C@H](CC(N)=O)NC(=O)[C@H](NC(=O)[C@H](CC(C)C)NC)[C@H](O)c7ccc(c(Cl)c7)O6)c6ccc(O)c(c6)-c6c(O)cc(O)cc6[C@H](C(=O)O)NC5=O)O[C@@H](CO)[C@@H](O)[C@H]4O)O[C@H](C)[C@@H]3O)c2)cc1. The zero-order chi connectivity index (χ0) is 88.0. The van der Waals surface area contributed by atoms with Crippen LogP contribution in [-0.4, -0.2) is 208 Å². The Hall–Kier alpha value is -11.6. The molecule has 8 amide bonds. The second-order valence-corrected chi connectivity index (χ2v) is 31.6. The minimum absolute atomic E-state index is 0.0208. The van der Waals surface area contributed by atoms with Crippen molar-refractivity contribution in [2.75, 3.05) is 25.6 Å². The number of primary amides is 1. The van der Waals surface area contributed by atoms with Gasteiger partial charge in [-0.2, -0.15) is 0 Å². The number of aliphatic hydroxyl groups excluding tert-OH is 6. The van der Waals surface area contributed by atoms with Gasteiger partial charge in [0.15, 0.2) is 29.9 Å². The number of nitrogens with one attached hydrogen (secondary N) is 9. The molecule has 2 fully saturated rings. The summed E-state index contributed by atoms with van der Waals surface area (Å²) in [6, 6.07) is 7.54. The molecule has 39 heteroatoms. The number of carboxylic acids is 1.